The molecule has 0 bridgehead atoms. The molecule has 2 aromatic carbocycles. The number of ether oxygens (including phenoxy) is 7. The van der Waals surface area contributed by atoms with Gasteiger partial charge >= 0.3 is 24.4 Å². The van der Waals surface area contributed by atoms with Crippen LogP contribution in [-0.2, 0) is 30.2 Å². The highest BCUT2D eigenvalue weighted by atomic mass is 16.7. The van der Waals surface area contributed by atoms with E-state index in [9.17, 15) is 19.2 Å². The molecule has 12 heteroatoms. The molecule has 206 valence electrons. The summed E-state index contributed by atoms with van der Waals surface area (Å²) in [6.07, 6.45) is -4.64. The first-order valence-corrected chi connectivity index (χ1v) is 11.8. The number of hydrogen-bond acceptors (Lipinski definition) is 12. The highest BCUT2D eigenvalue weighted by Gasteiger charge is 2.25. The molecule has 0 radical (unpaired) electrons. The predicted molar refractivity (Wildman–Crippen MR) is 132 cm³/mol. The molecule has 12 nitrogen and oxygen atoms in total. The molecule has 2 aromatic rings. The third-order valence-electron chi connectivity index (χ3n) is 4.87. The Kier molecular flexibility index (Phi) is 11.8. The summed E-state index contributed by atoms with van der Waals surface area (Å²) in [4.78, 5) is 48.1. The number of hydrogen-bond donors (Lipinski definition) is 1. The Balaban J connectivity index is 1.98. The molecule has 0 spiro atoms. The fraction of sp³-hybridized carbons (Fsp3) is 0.385. The van der Waals surface area contributed by atoms with Gasteiger partial charge in [0, 0.05) is 0 Å². The molecule has 0 heterocycles. The van der Waals surface area contributed by atoms with Gasteiger partial charge in [-0.05, 0) is 63.9 Å². The van der Waals surface area contributed by atoms with E-state index in [1.54, 1.807) is 44.2 Å². The van der Waals surface area contributed by atoms with Crippen molar-refractivity contribution in [3.8, 4) is 17.2 Å². The van der Waals surface area contributed by atoms with Crippen LogP contribution >= 0.6 is 0 Å². The van der Waals surface area contributed by atoms with Gasteiger partial charge in [-0.25, -0.2) is 14.4 Å². The van der Waals surface area contributed by atoms with Crippen LogP contribution in [0.4, 0.5) is 14.4 Å². The van der Waals surface area contributed by atoms with Crippen molar-refractivity contribution in [2.45, 2.75) is 52.4 Å². The molecule has 0 aliphatic rings. The summed E-state index contributed by atoms with van der Waals surface area (Å²) in [5, 5.41) is 0. The molecule has 2 rings (SSSR count). The van der Waals surface area contributed by atoms with Crippen molar-refractivity contribution in [1.82, 2.24) is 0 Å². The second kappa shape index (κ2) is 15.1. The van der Waals surface area contributed by atoms with Gasteiger partial charge in [0.25, 0.3) is 0 Å². The fourth-order valence-electron chi connectivity index (χ4n) is 2.88. The molecular formula is C26H31NO11. The van der Waals surface area contributed by atoms with Gasteiger partial charge in [0.2, 0.25) is 0 Å². The van der Waals surface area contributed by atoms with Gasteiger partial charge in [0.1, 0.15) is 24.0 Å². The Morgan fingerprint density at radius 2 is 1.32 bits per heavy atom. The first-order chi connectivity index (χ1) is 18.1. The number of para-hydroxylation sites is 1. The topological polar surface area (TPSA) is 159 Å². The number of benzene rings is 2. The third-order valence-corrected chi connectivity index (χ3v) is 4.87. The second-order valence-corrected chi connectivity index (χ2v) is 7.79. The summed E-state index contributed by atoms with van der Waals surface area (Å²) in [5.41, 5.74) is 6.48. The molecule has 0 fully saturated rings. The number of rotatable bonds is 11. The minimum atomic E-state index is -1.12. The molecule has 0 saturated carbocycles. The maximum absolute atomic E-state index is 12.6. The van der Waals surface area contributed by atoms with Crippen molar-refractivity contribution >= 4 is 24.4 Å². The van der Waals surface area contributed by atoms with Crippen LogP contribution in [0.3, 0.4) is 0 Å². The SMILES string of the molecule is CCOC(=O)Oc1ccc(C[C@H](N)C(=O)O[C@@H](C)[C@H](C)OC(=O)Oc2ccccc2)cc1OC(=O)OCC. The molecule has 0 aliphatic heterocycles. The lowest BCUT2D eigenvalue weighted by atomic mass is 10.1. The summed E-state index contributed by atoms with van der Waals surface area (Å²) in [5.74, 6) is -0.689. The molecular weight excluding hydrogens is 502 g/mol. The van der Waals surface area contributed by atoms with Crippen LogP contribution in [0.15, 0.2) is 48.5 Å². The van der Waals surface area contributed by atoms with E-state index in [1.807, 2.05) is 0 Å². The van der Waals surface area contributed by atoms with Gasteiger partial charge in [-0.1, -0.05) is 24.3 Å². The highest BCUT2D eigenvalue weighted by molar-refractivity contribution is 5.76. The lowest BCUT2D eigenvalue weighted by Gasteiger charge is -2.22. The number of carbonyl (C=O) groups excluding carboxylic acids is 4. The van der Waals surface area contributed by atoms with E-state index >= 15 is 0 Å². The van der Waals surface area contributed by atoms with E-state index in [0.29, 0.717) is 11.3 Å². The molecule has 0 unspecified atom stereocenters. The Morgan fingerprint density at radius 3 is 1.92 bits per heavy atom. The molecule has 0 amide bonds. The van der Waals surface area contributed by atoms with Crippen molar-refractivity contribution < 1.29 is 52.3 Å². The van der Waals surface area contributed by atoms with Crippen LogP contribution in [0.25, 0.3) is 0 Å². The van der Waals surface area contributed by atoms with E-state index in [1.165, 1.54) is 32.0 Å². The average molecular weight is 534 g/mol. The van der Waals surface area contributed by atoms with Gasteiger partial charge in [0.15, 0.2) is 11.5 Å². The van der Waals surface area contributed by atoms with Crippen molar-refractivity contribution in [2.75, 3.05) is 13.2 Å². The van der Waals surface area contributed by atoms with Crippen LogP contribution in [-0.4, -0.2) is 55.9 Å². The zero-order chi connectivity index (χ0) is 28.1. The van der Waals surface area contributed by atoms with E-state index in [2.05, 4.69) is 0 Å². The zero-order valence-electron chi connectivity index (χ0n) is 21.5. The Hall–Kier alpha value is -4.32. The average Bonchev–Trinajstić information content (AvgIpc) is 2.86. The lowest BCUT2D eigenvalue weighted by molar-refractivity contribution is -0.155. The van der Waals surface area contributed by atoms with E-state index in [0.717, 1.165) is 0 Å². The van der Waals surface area contributed by atoms with Crippen molar-refractivity contribution in [2.24, 2.45) is 5.73 Å². The van der Waals surface area contributed by atoms with Gasteiger partial charge in [-0.3, -0.25) is 4.79 Å². The standard InChI is InChI=1S/C26H31NO11/c1-5-32-24(29)37-21-13-12-18(15-22(21)38-25(30)33-6-2)14-20(27)23(28)34-16(3)17(4)35-26(31)36-19-10-8-7-9-11-19/h7-13,15-17,20H,5-6,14,27H2,1-4H3/t16-,17-,20-/m0/s1. The molecule has 2 N–H and O–H groups in total. The number of esters is 1. The van der Waals surface area contributed by atoms with Gasteiger partial charge < -0.3 is 38.9 Å². The van der Waals surface area contributed by atoms with E-state index in [-0.39, 0.29) is 31.1 Å². The lowest BCUT2D eigenvalue weighted by Crippen LogP contribution is -2.39. The van der Waals surface area contributed by atoms with Gasteiger partial charge in [0.05, 0.1) is 13.2 Å². The van der Waals surface area contributed by atoms with Crippen molar-refractivity contribution in [3.05, 3.63) is 54.1 Å². The van der Waals surface area contributed by atoms with Crippen LogP contribution in [0.1, 0.15) is 33.3 Å². The van der Waals surface area contributed by atoms with Crippen molar-refractivity contribution in [1.29, 1.82) is 0 Å². The van der Waals surface area contributed by atoms with Crippen LogP contribution in [0, 0.1) is 0 Å². The van der Waals surface area contributed by atoms with Gasteiger partial charge in [-0.15, -0.1) is 0 Å². The number of carbonyl (C=O) groups is 4. The molecule has 38 heavy (non-hydrogen) atoms. The van der Waals surface area contributed by atoms with Gasteiger partial charge in [-0.2, -0.15) is 0 Å². The van der Waals surface area contributed by atoms with Crippen LogP contribution in [0.2, 0.25) is 0 Å². The number of nitrogens with two attached hydrogens (primary N) is 1. The van der Waals surface area contributed by atoms with Crippen molar-refractivity contribution in [3.63, 3.8) is 0 Å². The summed E-state index contributed by atoms with van der Waals surface area (Å²) in [6.45, 7) is 6.42. The molecule has 0 saturated heterocycles. The maximum Gasteiger partial charge on any atom is 0.514 e. The summed E-state index contributed by atoms with van der Waals surface area (Å²) < 4.78 is 35.2. The minimum absolute atomic E-state index is 0.0181. The monoisotopic (exact) mass is 533 g/mol. The minimum Gasteiger partial charge on any atom is -0.458 e. The smallest absolute Gasteiger partial charge is 0.458 e. The summed E-state index contributed by atoms with van der Waals surface area (Å²) in [7, 11) is 0. The second-order valence-electron chi connectivity index (χ2n) is 7.79. The summed E-state index contributed by atoms with van der Waals surface area (Å²) >= 11 is 0. The fourth-order valence-corrected chi connectivity index (χ4v) is 2.88. The Bertz CT molecular complexity index is 1090. The molecule has 0 aliphatic carbocycles. The normalized spacial score (nSPS) is 12.8. The maximum atomic E-state index is 12.6. The zero-order valence-corrected chi connectivity index (χ0v) is 21.5. The largest absolute Gasteiger partial charge is 0.514 e. The Labute approximate surface area is 219 Å². The molecule has 3 atom stereocenters. The third kappa shape index (κ3) is 9.97. The van der Waals surface area contributed by atoms with Crippen LogP contribution in [0.5, 0.6) is 17.2 Å². The van der Waals surface area contributed by atoms with E-state index < -0.39 is 42.7 Å². The van der Waals surface area contributed by atoms with Crippen LogP contribution < -0.4 is 19.9 Å². The molecule has 0 aromatic heterocycles. The summed E-state index contributed by atoms with van der Waals surface area (Å²) in [6, 6.07) is 11.5. The Morgan fingerprint density at radius 1 is 0.737 bits per heavy atom. The highest BCUT2D eigenvalue weighted by Crippen LogP contribution is 2.30. The quantitative estimate of drug-likeness (QED) is 0.250. The van der Waals surface area contributed by atoms with E-state index in [4.69, 9.17) is 38.9 Å². The first kappa shape index (κ1) is 29.9. The first-order valence-electron chi connectivity index (χ1n) is 11.8. The predicted octanol–water partition coefficient (Wildman–Crippen LogP) is 4.16.